The number of hydrogen-bond donors (Lipinski definition) is 1. The maximum atomic E-state index is 9.52. The molecule has 0 aliphatic carbocycles. The van der Waals surface area contributed by atoms with Gasteiger partial charge in [-0.05, 0) is 12.5 Å². The Bertz CT molecular complexity index is 366. The van der Waals surface area contributed by atoms with Crippen LogP contribution in [0.3, 0.4) is 0 Å². The smallest absolute Gasteiger partial charge is 0.0834 e. The van der Waals surface area contributed by atoms with Crippen LogP contribution in [-0.4, -0.2) is 29.4 Å². The summed E-state index contributed by atoms with van der Waals surface area (Å²) in [5.74, 6) is 0.109. The largest absolute Gasteiger partial charge is 0.396 e. The third-order valence-corrected chi connectivity index (χ3v) is 3.28. The zero-order chi connectivity index (χ0) is 12.3. The van der Waals surface area contributed by atoms with Crippen LogP contribution in [0, 0.1) is 5.92 Å². The van der Waals surface area contributed by atoms with Crippen LogP contribution in [0.4, 0.5) is 0 Å². The predicted octanol–water partition coefficient (Wildman–Crippen LogP) is 2.16. The van der Waals surface area contributed by atoms with Gasteiger partial charge in [-0.1, -0.05) is 36.4 Å². The van der Waals surface area contributed by atoms with Crippen molar-refractivity contribution >= 4 is 0 Å². The maximum Gasteiger partial charge on any atom is 0.0834 e. The fourth-order valence-electron chi connectivity index (χ4n) is 2.42. The molecule has 0 unspecified atom stereocenters. The van der Waals surface area contributed by atoms with Gasteiger partial charge in [0.15, 0.2) is 0 Å². The molecule has 17 heavy (non-hydrogen) atoms. The molecule has 92 valence electrons. The lowest BCUT2D eigenvalue weighted by atomic mass is 9.91. The molecular formula is C14H19NO2. The lowest BCUT2D eigenvalue weighted by Crippen LogP contribution is -2.26. The number of hydrogen-bond acceptors (Lipinski definition) is 3. The number of aliphatic hydroxyl groups excluding tert-OH is 1. The van der Waals surface area contributed by atoms with Crippen molar-refractivity contribution in [1.82, 2.24) is 5.06 Å². The molecule has 3 nitrogen and oxygen atoms in total. The van der Waals surface area contributed by atoms with Gasteiger partial charge in [0.05, 0.1) is 18.8 Å². The fraction of sp³-hybridized carbons (Fsp3) is 0.429. The van der Waals surface area contributed by atoms with E-state index in [4.69, 9.17) is 4.84 Å². The molecule has 2 rings (SSSR count). The zero-order valence-corrected chi connectivity index (χ0v) is 10.1. The monoisotopic (exact) mass is 233 g/mol. The summed E-state index contributed by atoms with van der Waals surface area (Å²) >= 11 is 0. The Morgan fingerprint density at radius 2 is 2.12 bits per heavy atom. The quantitative estimate of drug-likeness (QED) is 0.809. The Hall–Kier alpha value is -1.16. The molecule has 1 heterocycles. The van der Waals surface area contributed by atoms with Crippen molar-refractivity contribution in [3.05, 3.63) is 48.6 Å². The second-order valence-corrected chi connectivity index (χ2v) is 4.40. The van der Waals surface area contributed by atoms with Crippen molar-refractivity contribution in [2.75, 3.05) is 13.2 Å². The molecule has 0 radical (unpaired) electrons. The van der Waals surface area contributed by atoms with Gasteiger partial charge < -0.3 is 5.11 Å². The Morgan fingerprint density at radius 1 is 1.41 bits per heavy atom. The van der Waals surface area contributed by atoms with Crippen molar-refractivity contribution in [1.29, 1.82) is 0 Å². The summed E-state index contributed by atoms with van der Waals surface area (Å²) in [5, 5.41) is 11.4. The van der Waals surface area contributed by atoms with Crippen LogP contribution < -0.4 is 0 Å². The van der Waals surface area contributed by atoms with Crippen molar-refractivity contribution in [3.8, 4) is 0 Å². The first kappa shape index (κ1) is 12.3. The second-order valence-electron chi connectivity index (χ2n) is 4.40. The van der Waals surface area contributed by atoms with E-state index in [2.05, 4.69) is 18.7 Å². The average Bonchev–Trinajstić information content (AvgIpc) is 2.67. The summed E-state index contributed by atoms with van der Waals surface area (Å²) in [6.07, 6.45) is 1.85. The van der Waals surface area contributed by atoms with Gasteiger partial charge in [-0.25, -0.2) is 0 Å². The summed E-state index contributed by atoms with van der Waals surface area (Å²) in [5.41, 5.74) is 1.18. The Labute approximate surface area is 102 Å². The number of nitrogens with zero attached hydrogens (tertiary/aromatic N) is 1. The average molecular weight is 233 g/mol. The minimum absolute atomic E-state index is 0.0326. The van der Waals surface area contributed by atoms with Crippen LogP contribution in [0.5, 0.6) is 0 Å². The third kappa shape index (κ3) is 2.41. The first-order valence-electron chi connectivity index (χ1n) is 5.98. The highest BCUT2D eigenvalue weighted by Crippen LogP contribution is 2.38. The molecule has 0 bridgehead atoms. The van der Waals surface area contributed by atoms with Gasteiger partial charge in [0.25, 0.3) is 0 Å². The van der Waals surface area contributed by atoms with E-state index in [1.807, 2.05) is 36.3 Å². The SMILES string of the molecule is C=CCN1O[C@H](C)[C@@H](CO)[C@@H]1c1ccccc1. The molecule has 3 heteroatoms. The van der Waals surface area contributed by atoms with Crippen molar-refractivity contribution in [2.45, 2.75) is 19.1 Å². The molecule has 1 aliphatic heterocycles. The second kappa shape index (κ2) is 5.45. The summed E-state index contributed by atoms with van der Waals surface area (Å²) in [4.78, 5) is 5.77. The van der Waals surface area contributed by atoms with E-state index in [0.29, 0.717) is 6.54 Å². The van der Waals surface area contributed by atoms with E-state index in [0.717, 1.165) is 0 Å². The van der Waals surface area contributed by atoms with Crippen LogP contribution in [0.1, 0.15) is 18.5 Å². The predicted molar refractivity (Wildman–Crippen MR) is 67.2 cm³/mol. The van der Waals surface area contributed by atoms with Gasteiger partial charge in [-0.2, -0.15) is 5.06 Å². The van der Waals surface area contributed by atoms with Gasteiger partial charge in [-0.3, -0.25) is 4.84 Å². The first-order valence-corrected chi connectivity index (χ1v) is 5.98. The number of rotatable bonds is 4. The fourth-order valence-corrected chi connectivity index (χ4v) is 2.42. The van der Waals surface area contributed by atoms with E-state index in [-0.39, 0.29) is 24.7 Å². The molecule has 0 saturated carbocycles. The molecular weight excluding hydrogens is 214 g/mol. The molecule has 0 amide bonds. The van der Waals surface area contributed by atoms with Gasteiger partial charge in [0, 0.05) is 12.5 Å². The standard InChI is InChI=1S/C14H19NO2/c1-3-9-15-14(12-7-5-4-6-8-12)13(10-16)11(2)17-15/h3-8,11,13-14,16H,1,9-10H2,2H3/t11-,13-,14+/m1/s1. The van der Waals surface area contributed by atoms with E-state index in [1.165, 1.54) is 5.56 Å². The maximum absolute atomic E-state index is 9.52. The van der Waals surface area contributed by atoms with Gasteiger partial charge in [0.1, 0.15) is 0 Å². The van der Waals surface area contributed by atoms with Crippen LogP contribution in [-0.2, 0) is 4.84 Å². The topological polar surface area (TPSA) is 32.7 Å². The van der Waals surface area contributed by atoms with E-state index < -0.39 is 0 Å². The minimum Gasteiger partial charge on any atom is -0.396 e. The van der Waals surface area contributed by atoms with Crippen LogP contribution >= 0.6 is 0 Å². The zero-order valence-electron chi connectivity index (χ0n) is 10.1. The molecule has 1 N–H and O–H groups in total. The Morgan fingerprint density at radius 3 is 2.71 bits per heavy atom. The normalized spacial score (nSPS) is 29.4. The summed E-state index contributed by atoms with van der Waals surface area (Å²) in [6, 6.07) is 10.3. The lowest BCUT2D eigenvalue weighted by Gasteiger charge is -2.24. The third-order valence-electron chi connectivity index (χ3n) is 3.28. The highest BCUT2D eigenvalue weighted by molar-refractivity contribution is 5.21. The lowest BCUT2D eigenvalue weighted by molar-refractivity contribution is -0.151. The Kier molecular flexibility index (Phi) is 3.94. The molecule has 3 atom stereocenters. The molecule has 1 fully saturated rings. The van der Waals surface area contributed by atoms with Crippen molar-refractivity contribution in [2.24, 2.45) is 5.92 Å². The van der Waals surface area contributed by atoms with Crippen LogP contribution in [0.2, 0.25) is 0 Å². The minimum atomic E-state index is 0.0326. The molecule has 0 spiro atoms. The van der Waals surface area contributed by atoms with Crippen LogP contribution in [0.15, 0.2) is 43.0 Å². The number of benzene rings is 1. The summed E-state index contributed by atoms with van der Waals surface area (Å²) in [6.45, 7) is 6.54. The highest BCUT2D eigenvalue weighted by atomic mass is 16.7. The van der Waals surface area contributed by atoms with E-state index in [1.54, 1.807) is 0 Å². The molecule has 1 aromatic carbocycles. The highest BCUT2D eigenvalue weighted by Gasteiger charge is 2.40. The molecule has 0 aromatic heterocycles. The van der Waals surface area contributed by atoms with Crippen molar-refractivity contribution < 1.29 is 9.94 Å². The van der Waals surface area contributed by atoms with E-state index in [9.17, 15) is 5.11 Å². The summed E-state index contributed by atoms with van der Waals surface area (Å²) in [7, 11) is 0. The molecule has 1 saturated heterocycles. The van der Waals surface area contributed by atoms with E-state index >= 15 is 0 Å². The first-order chi connectivity index (χ1) is 8.27. The van der Waals surface area contributed by atoms with Gasteiger partial charge >= 0.3 is 0 Å². The van der Waals surface area contributed by atoms with Gasteiger partial charge in [0.2, 0.25) is 0 Å². The molecule has 1 aromatic rings. The number of hydroxylamine groups is 2. The Balaban J connectivity index is 2.28. The van der Waals surface area contributed by atoms with Crippen molar-refractivity contribution in [3.63, 3.8) is 0 Å². The number of aliphatic hydroxyl groups is 1. The molecule has 1 aliphatic rings. The van der Waals surface area contributed by atoms with Crippen LogP contribution in [0.25, 0.3) is 0 Å². The summed E-state index contributed by atoms with van der Waals surface area (Å²) < 4.78 is 0. The van der Waals surface area contributed by atoms with Gasteiger partial charge in [-0.15, -0.1) is 6.58 Å².